The average molecular weight is 477 g/mol. The number of benzene rings is 3. The summed E-state index contributed by atoms with van der Waals surface area (Å²) in [5.74, 6) is 0.0916. The van der Waals surface area contributed by atoms with Crippen molar-refractivity contribution in [1.82, 2.24) is 10.3 Å². The molecule has 4 rings (SSSR count). The second-order valence-corrected chi connectivity index (χ2v) is 8.53. The predicted octanol–water partition coefficient (Wildman–Crippen LogP) is 4.96. The Bertz CT molecular complexity index is 1320. The second kappa shape index (κ2) is 10.2. The zero-order chi connectivity index (χ0) is 23.2. The lowest BCUT2D eigenvalue weighted by atomic mass is 10.2. The van der Waals surface area contributed by atoms with Crippen LogP contribution in [0.3, 0.4) is 0 Å². The van der Waals surface area contributed by atoms with E-state index < -0.39 is 0 Å². The van der Waals surface area contributed by atoms with Gasteiger partial charge in [0.05, 0.1) is 10.2 Å². The van der Waals surface area contributed by atoms with Gasteiger partial charge in [-0.25, -0.2) is 4.98 Å². The van der Waals surface area contributed by atoms with Crippen molar-refractivity contribution >= 4 is 61.5 Å². The minimum absolute atomic E-state index is 0.136. The Morgan fingerprint density at radius 1 is 1.00 bits per heavy atom. The van der Waals surface area contributed by atoms with Crippen molar-refractivity contribution in [2.24, 2.45) is 0 Å². The molecule has 0 aliphatic rings. The van der Waals surface area contributed by atoms with E-state index in [1.165, 1.54) is 18.3 Å². The van der Waals surface area contributed by atoms with Crippen LogP contribution < -0.4 is 20.7 Å². The summed E-state index contributed by atoms with van der Waals surface area (Å²) >= 11 is 6.65. The molecule has 166 valence electrons. The molecule has 2 amide bonds. The number of hydrogen-bond acceptors (Lipinski definition) is 6. The van der Waals surface area contributed by atoms with Crippen LogP contribution in [-0.4, -0.2) is 21.9 Å². The van der Waals surface area contributed by atoms with Crippen LogP contribution in [0.2, 0.25) is 0 Å². The highest BCUT2D eigenvalue weighted by atomic mass is 32.1. The van der Waals surface area contributed by atoms with Gasteiger partial charge in [-0.15, -0.1) is 0 Å². The standard InChI is InChI=1S/C24H20N4O3S2/c1-15(29)25-18-10-11-20-21(13-18)33-24(26-20)28-23(32)27-22(30)17-8-5-9-19(12-17)31-14-16-6-3-2-4-7-16/h2-13H,14H2,1H3,(H,25,29)(H2,26,27,28,30,32). The van der Waals surface area contributed by atoms with E-state index in [0.29, 0.717) is 28.7 Å². The number of fused-ring (bicyclic) bond motifs is 1. The highest BCUT2D eigenvalue weighted by Gasteiger charge is 2.12. The fourth-order valence-electron chi connectivity index (χ4n) is 3.03. The molecule has 1 heterocycles. The molecule has 0 unspecified atom stereocenters. The zero-order valence-corrected chi connectivity index (χ0v) is 19.3. The SMILES string of the molecule is CC(=O)Nc1ccc2nc(NC(=S)NC(=O)c3cccc(OCc4ccccc4)c3)sc2c1. The molecule has 0 aliphatic heterocycles. The average Bonchev–Trinajstić information content (AvgIpc) is 3.19. The molecule has 4 aromatic rings. The molecule has 0 radical (unpaired) electrons. The molecular weight excluding hydrogens is 456 g/mol. The number of ether oxygens (including phenoxy) is 1. The molecule has 0 atom stereocenters. The van der Waals surface area contributed by atoms with E-state index in [-0.39, 0.29) is 16.9 Å². The summed E-state index contributed by atoms with van der Waals surface area (Å²) in [6.45, 7) is 1.86. The van der Waals surface area contributed by atoms with Gasteiger partial charge in [0.2, 0.25) is 5.91 Å². The summed E-state index contributed by atoms with van der Waals surface area (Å²) in [7, 11) is 0. The van der Waals surface area contributed by atoms with E-state index in [1.54, 1.807) is 30.3 Å². The number of hydrogen-bond donors (Lipinski definition) is 3. The van der Waals surface area contributed by atoms with E-state index in [0.717, 1.165) is 15.8 Å². The lowest BCUT2D eigenvalue weighted by Crippen LogP contribution is -2.34. The van der Waals surface area contributed by atoms with E-state index in [1.807, 2.05) is 42.5 Å². The van der Waals surface area contributed by atoms with Crippen LogP contribution in [0.5, 0.6) is 5.75 Å². The maximum absolute atomic E-state index is 12.6. The first kappa shape index (κ1) is 22.4. The largest absolute Gasteiger partial charge is 0.489 e. The van der Waals surface area contributed by atoms with Crippen LogP contribution in [-0.2, 0) is 11.4 Å². The lowest BCUT2D eigenvalue weighted by molar-refractivity contribution is -0.114. The predicted molar refractivity (Wildman–Crippen MR) is 135 cm³/mol. The Hall–Kier alpha value is -3.82. The summed E-state index contributed by atoms with van der Waals surface area (Å²) in [5, 5.41) is 9.02. The quantitative estimate of drug-likeness (QED) is 0.341. The minimum atomic E-state index is -0.355. The Labute approximate surface area is 199 Å². The van der Waals surface area contributed by atoms with Gasteiger partial charge in [0.15, 0.2) is 10.2 Å². The van der Waals surface area contributed by atoms with Gasteiger partial charge in [-0.3, -0.25) is 14.9 Å². The molecule has 0 bridgehead atoms. The summed E-state index contributed by atoms with van der Waals surface area (Å²) < 4.78 is 6.66. The number of thiazole rings is 1. The van der Waals surface area contributed by atoms with E-state index in [4.69, 9.17) is 17.0 Å². The minimum Gasteiger partial charge on any atom is -0.489 e. The maximum Gasteiger partial charge on any atom is 0.257 e. The number of amides is 2. The van der Waals surface area contributed by atoms with Crippen LogP contribution in [0.1, 0.15) is 22.8 Å². The maximum atomic E-state index is 12.6. The van der Waals surface area contributed by atoms with Crippen LogP contribution in [0.25, 0.3) is 10.2 Å². The van der Waals surface area contributed by atoms with Gasteiger partial charge in [-0.1, -0.05) is 47.7 Å². The number of aromatic nitrogens is 1. The Morgan fingerprint density at radius 3 is 2.61 bits per heavy atom. The summed E-state index contributed by atoms with van der Waals surface area (Å²) in [4.78, 5) is 28.3. The van der Waals surface area contributed by atoms with Crippen molar-refractivity contribution < 1.29 is 14.3 Å². The van der Waals surface area contributed by atoms with Crippen LogP contribution in [0.4, 0.5) is 10.8 Å². The molecule has 0 saturated heterocycles. The van der Waals surface area contributed by atoms with Crippen molar-refractivity contribution in [1.29, 1.82) is 0 Å². The van der Waals surface area contributed by atoms with E-state index in [2.05, 4.69) is 20.9 Å². The van der Waals surface area contributed by atoms with Crippen molar-refractivity contribution in [3.8, 4) is 5.75 Å². The Balaban J connectivity index is 1.36. The zero-order valence-electron chi connectivity index (χ0n) is 17.6. The van der Waals surface area contributed by atoms with Crippen LogP contribution in [0.15, 0.2) is 72.8 Å². The number of nitrogens with zero attached hydrogens (tertiary/aromatic N) is 1. The molecule has 33 heavy (non-hydrogen) atoms. The summed E-state index contributed by atoms with van der Waals surface area (Å²) in [6, 6.07) is 22.1. The highest BCUT2D eigenvalue weighted by molar-refractivity contribution is 7.80. The van der Waals surface area contributed by atoms with Gasteiger partial charge in [0.1, 0.15) is 12.4 Å². The van der Waals surface area contributed by atoms with Gasteiger partial charge in [-0.2, -0.15) is 0 Å². The molecule has 3 aromatic carbocycles. The van der Waals surface area contributed by atoms with Gasteiger partial charge in [-0.05, 0) is 54.2 Å². The van der Waals surface area contributed by atoms with Gasteiger partial charge < -0.3 is 15.4 Å². The Kier molecular flexibility index (Phi) is 6.92. The molecule has 3 N–H and O–H groups in total. The highest BCUT2D eigenvalue weighted by Crippen LogP contribution is 2.28. The molecular formula is C24H20N4O3S2. The lowest BCUT2D eigenvalue weighted by Gasteiger charge is -2.09. The number of anilines is 2. The van der Waals surface area contributed by atoms with Crippen molar-refractivity contribution in [2.75, 3.05) is 10.6 Å². The second-order valence-electron chi connectivity index (χ2n) is 7.09. The summed E-state index contributed by atoms with van der Waals surface area (Å²) in [6.07, 6.45) is 0. The number of carbonyl (C=O) groups is 2. The number of rotatable bonds is 6. The van der Waals surface area contributed by atoms with Gasteiger partial charge in [0.25, 0.3) is 5.91 Å². The molecule has 0 aliphatic carbocycles. The number of thiocarbonyl (C=S) groups is 1. The number of carbonyl (C=O) groups excluding carboxylic acids is 2. The Morgan fingerprint density at radius 2 is 1.82 bits per heavy atom. The third-order valence-corrected chi connectivity index (χ3v) is 5.64. The van der Waals surface area contributed by atoms with Crippen molar-refractivity contribution in [2.45, 2.75) is 13.5 Å². The molecule has 9 heteroatoms. The molecule has 0 saturated carbocycles. The first-order valence-electron chi connectivity index (χ1n) is 10.0. The third kappa shape index (κ3) is 6.12. The monoisotopic (exact) mass is 476 g/mol. The van der Waals surface area contributed by atoms with E-state index in [9.17, 15) is 9.59 Å². The van der Waals surface area contributed by atoms with Gasteiger partial charge >= 0.3 is 0 Å². The smallest absolute Gasteiger partial charge is 0.257 e. The fourth-order valence-corrected chi connectivity index (χ4v) is 4.19. The third-order valence-electron chi connectivity index (χ3n) is 4.50. The molecule has 0 spiro atoms. The van der Waals surface area contributed by atoms with Gasteiger partial charge in [0, 0.05) is 18.2 Å². The molecule has 0 fully saturated rings. The normalized spacial score (nSPS) is 10.5. The molecule has 1 aromatic heterocycles. The topological polar surface area (TPSA) is 92.4 Å². The van der Waals surface area contributed by atoms with Crippen LogP contribution in [0, 0.1) is 0 Å². The first-order chi connectivity index (χ1) is 16.0. The van der Waals surface area contributed by atoms with Crippen molar-refractivity contribution in [3.05, 3.63) is 83.9 Å². The summed E-state index contributed by atoms with van der Waals surface area (Å²) in [5.41, 5.74) is 2.91. The first-order valence-corrected chi connectivity index (χ1v) is 11.3. The van der Waals surface area contributed by atoms with E-state index >= 15 is 0 Å². The van der Waals surface area contributed by atoms with Crippen molar-refractivity contribution in [3.63, 3.8) is 0 Å². The molecule has 7 nitrogen and oxygen atoms in total. The number of nitrogens with one attached hydrogen (secondary N) is 3. The fraction of sp³-hybridized carbons (Fsp3) is 0.0833. The van der Waals surface area contributed by atoms with Crippen LogP contribution >= 0.6 is 23.6 Å².